The maximum atomic E-state index is 5.84. The molecule has 2 aromatic heterocycles. The number of aromatic nitrogens is 2. The lowest BCUT2D eigenvalue weighted by atomic mass is 10.2. The second-order valence-corrected chi connectivity index (χ2v) is 4.45. The predicted octanol–water partition coefficient (Wildman–Crippen LogP) is 3.86. The molecule has 0 amide bonds. The van der Waals surface area contributed by atoms with Gasteiger partial charge in [-0.15, -0.1) is 0 Å². The van der Waals surface area contributed by atoms with Crippen LogP contribution in [0.5, 0.6) is 5.75 Å². The monoisotopic (exact) mass is 270 g/mol. The van der Waals surface area contributed by atoms with E-state index in [1.54, 1.807) is 12.3 Å². The Hall–Kier alpha value is -2.13. The highest BCUT2D eigenvalue weighted by Crippen LogP contribution is 2.24. The average molecular weight is 271 g/mol. The van der Waals surface area contributed by atoms with E-state index in [9.17, 15) is 0 Å². The first kappa shape index (κ1) is 11.9. The molecule has 0 aliphatic carbocycles. The Kier molecular flexibility index (Phi) is 3.29. The van der Waals surface area contributed by atoms with Gasteiger partial charge in [-0.1, -0.05) is 23.7 Å². The Morgan fingerprint density at radius 3 is 2.79 bits per heavy atom. The van der Waals surface area contributed by atoms with E-state index >= 15 is 0 Å². The van der Waals surface area contributed by atoms with Crippen LogP contribution in [0.2, 0.25) is 5.15 Å². The normalized spacial score (nSPS) is 10.6. The lowest BCUT2D eigenvalue weighted by molar-refractivity contribution is 0.305. The van der Waals surface area contributed by atoms with Crippen molar-refractivity contribution in [3.8, 4) is 5.75 Å². The van der Waals surface area contributed by atoms with Crippen LogP contribution in [-0.2, 0) is 6.61 Å². The van der Waals surface area contributed by atoms with E-state index in [0.717, 1.165) is 22.3 Å². The molecule has 0 aliphatic rings. The maximum absolute atomic E-state index is 5.84. The Morgan fingerprint density at radius 2 is 1.89 bits per heavy atom. The molecule has 4 heteroatoms. The molecule has 0 saturated carbocycles. The minimum absolute atomic E-state index is 0.383. The van der Waals surface area contributed by atoms with Crippen molar-refractivity contribution in [3.05, 3.63) is 65.6 Å². The molecule has 0 fully saturated rings. The van der Waals surface area contributed by atoms with E-state index in [1.165, 1.54) is 0 Å². The summed E-state index contributed by atoms with van der Waals surface area (Å²) in [6, 6.07) is 15.2. The highest BCUT2D eigenvalue weighted by Gasteiger charge is 2.03. The molecule has 0 unspecified atom stereocenters. The van der Waals surface area contributed by atoms with Gasteiger partial charge in [0.1, 0.15) is 17.5 Å². The van der Waals surface area contributed by atoms with Crippen molar-refractivity contribution in [2.75, 3.05) is 0 Å². The van der Waals surface area contributed by atoms with Crippen LogP contribution in [0, 0.1) is 0 Å². The standard InChI is InChI=1S/C15H11ClN2O/c16-15-8-1-4-11(18-15)10-19-14-7-2-6-13-12(14)5-3-9-17-13/h1-9H,10H2. The van der Waals surface area contributed by atoms with E-state index in [0.29, 0.717) is 11.8 Å². The molecule has 3 nitrogen and oxygen atoms in total. The molecule has 2 heterocycles. The van der Waals surface area contributed by atoms with Crippen LogP contribution in [0.3, 0.4) is 0 Å². The van der Waals surface area contributed by atoms with Crippen LogP contribution >= 0.6 is 11.6 Å². The van der Waals surface area contributed by atoms with Gasteiger partial charge in [0.15, 0.2) is 0 Å². The van der Waals surface area contributed by atoms with Crippen molar-refractivity contribution < 1.29 is 4.74 Å². The molecule has 0 atom stereocenters. The molecule has 0 radical (unpaired) electrons. The fraction of sp³-hybridized carbons (Fsp3) is 0.0667. The average Bonchev–Trinajstić information content (AvgIpc) is 2.45. The summed E-state index contributed by atoms with van der Waals surface area (Å²) in [5, 5.41) is 1.47. The number of pyridine rings is 2. The van der Waals surface area contributed by atoms with Gasteiger partial charge in [-0.05, 0) is 36.4 Å². The van der Waals surface area contributed by atoms with Gasteiger partial charge in [0, 0.05) is 11.6 Å². The highest BCUT2D eigenvalue weighted by atomic mass is 35.5. The lowest BCUT2D eigenvalue weighted by Crippen LogP contribution is -1.98. The molecule has 0 spiro atoms. The number of hydrogen-bond acceptors (Lipinski definition) is 3. The number of halogens is 1. The number of rotatable bonds is 3. The number of hydrogen-bond donors (Lipinski definition) is 0. The van der Waals surface area contributed by atoms with Gasteiger partial charge < -0.3 is 4.74 Å². The molecule has 0 bridgehead atoms. The number of benzene rings is 1. The summed E-state index contributed by atoms with van der Waals surface area (Å²) in [6.45, 7) is 0.383. The molecule has 0 aliphatic heterocycles. The third kappa shape index (κ3) is 2.66. The quantitative estimate of drug-likeness (QED) is 0.678. The Morgan fingerprint density at radius 1 is 1.00 bits per heavy atom. The molecule has 0 saturated heterocycles. The summed E-state index contributed by atoms with van der Waals surface area (Å²) in [6.07, 6.45) is 1.77. The minimum Gasteiger partial charge on any atom is -0.487 e. The molecule has 19 heavy (non-hydrogen) atoms. The summed E-state index contributed by atoms with van der Waals surface area (Å²) in [5.74, 6) is 0.798. The van der Waals surface area contributed by atoms with Crippen molar-refractivity contribution in [1.82, 2.24) is 9.97 Å². The number of ether oxygens (including phenoxy) is 1. The Bertz CT molecular complexity index is 710. The smallest absolute Gasteiger partial charge is 0.130 e. The van der Waals surface area contributed by atoms with Crippen LogP contribution in [-0.4, -0.2) is 9.97 Å². The van der Waals surface area contributed by atoms with Crippen molar-refractivity contribution in [3.63, 3.8) is 0 Å². The zero-order valence-electron chi connectivity index (χ0n) is 10.1. The summed E-state index contributed by atoms with van der Waals surface area (Å²) >= 11 is 5.84. The molecular weight excluding hydrogens is 260 g/mol. The van der Waals surface area contributed by atoms with E-state index < -0.39 is 0 Å². The molecule has 0 N–H and O–H groups in total. The van der Waals surface area contributed by atoms with Gasteiger partial charge >= 0.3 is 0 Å². The second-order valence-electron chi connectivity index (χ2n) is 4.07. The largest absolute Gasteiger partial charge is 0.487 e. The summed E-state index contributed by atoms with van der Waals surface area (Å²) in [5.41, 5.74) is 1.72. The van der Waals surface area contributed by atoms with Crippen molar-refractivity contribution >= 4 is 22.5 Å². The van der Waals surface area contributed by atoms with Gasteiger partial charge in [0.2, 0.25) is 0 Å². The number of fused-ring (bicyclic) bond motifs is 1. The zero-order valence-corrected chi connectivity index (χ0v) is 10.8. The number of nitrogens with zero attached hydrogens (tertiary/aromatic N) is 2. The van der Waals surface area contributed by atoms with Crippen molar-refractivity contribution in [2.45, 2.75) is 6.61 Å². The van der Waals surface area contributed by atoms with Gasteiger partial charge in [-0.2, -0.15) is 0 Å². The molecule has 94 valence electrons. The molecular formula is C15H11ClN2O. The summed E-state index contributed by atoms with van der Waals surface area (Å²) < 4.78 is 5.80. The van der Waals surface area contributed by atoms with Gasteiger partial charge in [0.25, 0.3) is 0 Å². The fourth-order valence-electron chi connectivity index (χ4n) is 1.88. The third-order valence-corrected chi connectivity index (χ3v) is 2.96. The van der Waals surface area contributed by atoms with Crippen molar-refractivity contribution in [1.29, 1.82) is 0 Å². The zero-order chi connectivity index (χ0) is 13.1. The van der Waals surface area contributed by atoms with Gasteiger partial charge in [-0.3, -0.25) is 4.98 Å². The van der Waals surface area contributed by atoms with Crippen LogP contribution < -0.4 is 4.74 Å². The van der Waals surface area contributed by atoms with E-state index in [1.807, 2.05) is 42.5 Å². The van der Waals surface area contributed by atoms with Crippen LogP contribution in [0.4, 0.5) is 0 Å². The van der Waals surface area contributed by atoms with E-state index in [-0.39, 0.29) is 0 Å². The van der Waals surface area contributed by atoms with E-state index in [4.69, 9.17) is 16.3 Å². The van der Waals surface area contributed by atoms with Crippen LogP contribution in [0.15, 0.2) is 54.7 Å². The first-order chi connectivity index (χ1) is 9.33. The second kappa shape index (κ2) is 5.24. The SMILES string of the molecule is Clc1cccc(COc2cccc3ncccc23)n1. The first-order valence-corrected chi connectivity index (χ1v) is 6.29. The van der Waals surface area contributed by atoms with Crippen LogP contribution in [0.25, 0.3) is 10.9 Å². The predicted molar refractivity (Wildman–Crippen MR) is 75.3 cm³/mol. The summed E-state index contributed by atoms with van der Waals surface area (Å²) in [4.78, 5) is 8.49. The highest BCUT2D eigenvalue weighted by molar-refractivity contribution is 6.29. The summed E-state index contributed by atoms with van der Waals surface area (Å²) in [7, 11) is 0. The molecule has 1 aromatic carbocycles. The van der Waals surface area contributed by atoms with Crippen molar-refractivity contribution in [2.24, 2.45) is 0 Å². The van der Waals surface area contributed by atoms with E-state index in [2.05, 4.69) is 9.97 Å². The van der Waals surface area contributed by atoms with Crippen LogP contribution in [0.1, 0.15) is 5.69 Å². The molecule has 3 rings (SSSR count). The fourth-order valence-corrected chi connectivity index (χ4v) is 2.06. The Balaban J connectivity index is 1.86. The van der Waals surface area contributed by atoms with Gasteiger partial charge in [-0.25, -0.2) is 4.98 Å². The maximum Gasteiger partial charge on any atom is 0.130 e. The first-order valence-electron chi connectivity index (χ1n) is 5.91. The third-order valence-electron chi connectivity index (χ3n) is 2.75. The topological polar surface area (TPSA) is 35.0 Å². The lowest BCUT2D eigenvalue weighted by Gasteiger charge is -2.08. The Labute approximate surface area is 115 Å². The molecule has 3 aromatic rings. The minimum atomic E-state index is 0.383. The van der Waals surface area contributed by atoms with Gasteiger partial charge in [0.05, 0.1) is 11.2 Å².